The number of aldehydes is 1. The van der Waals surface area contributed by atoms with Crippen molar-refractivity contribution < 1.29 is 4.79 Å². The Morgan fingerprint density at radius 2 is 0.618 bits per heavy atom. The number of para-hydroxylation sites is 3. The van der Waals surface area contributed by atoms with Gasteiger partial charge in [0.1, 0.15) is 6.29 Å². The zero-order valence-electron chi connectivity index (χ0n) is 18.7. The summed E-state index contributed by atoms with van der Waals surface area (Å²) in [5, 5.41) is 0. The molecule has 3 heteroatoms. The minimum atomic E-state index is 0.661. The lowest BCUT2D eigenvalue weighted by Crippen LogP contribution is -2.12. The molecule has 0 saturated carbocycles. The molecule has 0 bridgehead atoms. The monoisotopic (exact) mass is 440 g/mol. The van der Waals surface area contributed by atoms with Gasteiger partial charge in [0.15, 0.2) is 0 Å². The number of nitrogens with zero attached hydrogens (tertiary/aromatic N) is 2. The Balaban J connectivity index is 1.56. The summed E-state index contributed by atoms with van der Waals surface area (Å²) in [7, 11) is 0. The molecule has 5 aromatic carbocycles. The highest BCUT2D eigenvalue weighted by atomic mass is 16.1. The summed E-state index contributed by atoms with van der Waals surface area (Å²) in [6.07, 6.45) is 0.868. The second-order valence-corrected chi connectivity index (χ2v) is 7.90. The van der Waals surface area contributed by atoms with Crippen molar-refractivity contribution in [3.8, 4) is 0 Å². The minimum absolute atomic E-state index is 0.661. The maximum atomic E-state index is 11.1. The van der Waals surface area contributed by atoms with E-state index < -0.39 is 0 Å². The van der Waals surface area contributed by atoms with Crippen molar-refractivity contribution in [1.29, 1.82) is 0 Å². The van der Waals surface area contributed by atoms with Crippen molar-refractivity contribution in [2.24, 2.45) is 0 Å². The summed E-state index contributed by atoms with van der Waals surface area (Å²) in [6, 6.07) is 47.2. The van der Waals surface area contributed by atoms with Gasteiger partial charge in [0.05, 0.1) is 0 Å². The van der Waals surface area contributed by atoms with Gasteiger partial charge in [-0.05, 0) is 84.9 Å². The van der Waals surface area contributed by atoms with Crippen molar-refractivity contribution in [2.45, 2.75) is 0 Å². The van der Waals surface area contributed by atoms with Crippen LogP contribution in [0.5, 0.6) is 0 Å². The normalized spacial score (nSPS) is 10.5. The molecule has 0 heterocycles. The van der Waals surface area contributed by atoms with Crippen molar-refractivity contribution >= 4 is 40.4 Å². The Morgan fingerprint density at radius 3 is 0.912 bits per heavy atom. The smallest absolute Gasteiger partial charge is 0.150 e. The van der Waals surface area contributed by atoms with Gasteiger partial charge in [-0.25, -0.2) is 0 Å². The molecule has 0 N–H and O–H groups in total. The Morgan fingerprint density at radius 1 is 0.353 bits per heavy atom. The SMILES string of the molecule is O=Cc1ccc(N(c2ccccc2)c2ccc(N(c3ccccc3)c3ccccc3)cc2)cc1. The number of rotatable bonds is 7. The van der Waals surface area contributed by atoms with Crippen LogP contribution in [0.25, 0.3) is 0 Å². The standard InChI is InChI=1S/C31H24N2O/c34-24-25-16-18-29(19-17-25)33(28-14-8-3-9-15-28)31-22-20-30(21-23-31)32(26-10-4-1-5-11-26)27-12-6-2-7-13-27/h1-24H. The van der Waals surface area contributed by atoms with Gasteiger partial charge in [0.2, 0.25) is 0 Å². The fourth-order valence-corrected chi connectivity index (χ4v) is 4.08. The first-order chi connectivity index (χ1) is 16.8. The number of carbonyl (C=O) groups excluding carboxylic acids is 1. The van der Waals surface area contributed by atoms with Crippen LogP contribution in [0.3, 0.4) is 0 Å². The maximum Gasteiger partial charge on any atom is 0.150 e. The maximum absolute atomic E-state index is 11.1. The Labute approximate surface area is 200 Å². The van der Waals surface area contributed by atoms with Gasteiger partial charge < -0.3 is 9.80 Å². The van der Waals surface area contributed by atoms with Crippen LogP contribution in [0.4, 0.5) is 34.1 Å². The van der Waals surface area contributed by atoms with E-state index in [1.54, 1.807) is 0 Å². The Hall–Kier alpha value is -4.63. The van der Waals surface area contributed by atoms with E-state index in [1.807, 2.05) is 54.6 Å². The molecule has 5 aromatic rings. The molecule has 0 aliphatic rings. The average Bonchev–Trinajstić information content (AvgIpc) is 2.92. The highest BCUT2D eigenvalue weighted by Gasteiger charge is 2.15. The first kappa shape index (κ1) is 21.2. The van der Waals surface area contributed by atoms with Crippen molar-refractivity contribution in [1.82, 2.24) is 0 Å². The van der Waals surface area contributed by atoms with Crippen LogP contribution in [0, 0.1) is 0 Å². The van der Waals surface area contributed by atoms with Gasteiger partial charge in [0.25, 0.3) is 0 Å². The largest absolute Gasteiger partial charge is 0.311 e. The molecule has 0 atom stereocenters. The molecule has 34 heavy (non-hydrogen) atoms. The van der Waals surface area contributed by atoms with E-state index in [-0.39, 0.29) is 0 Å². The van der Waals surface area contributed by atoms with Crippen LogP contribution in [0.1, 0.15) is 10.4 Å². The summed E-state index contributed by atoms with van der Waals surface area (Å²) in [5.74, 6) is 0. The molecule has 164 valence electrons. The molecule has 0 aliphatic carbocycles. The molecule has 3 nitrogen and oxygen atoms in total. The second-order valence-electron chi connectivity index (χ2n) is 7.90. The lowest BCUT2D eigenvalue weighted by atomic mass is 10.1. The number of hydrogen-bond acceptors (Lipinski definition) is 3. The molecule has 0 aliphatic heterocycles. The van der Waals surface area contributed by atoms with Crippen molar-refractivity contribution in [3.05, 3.63) is 145 Å². The molecule has 0 spiro atoms. The summed E-state index contributed by atoms with van der Waals surface area (Å²) in [4.78, 5) is 15.6. The van der Waals surface area contributed by atoms with Crippen molar-refractivity contribution in [2.75, 3.05) is 9.80 Å². The number of anilines is 6. The lowest BCUT2D eigenvalue weighted by Gasteiger charge is -2.28. The highest BCUT2D eigenvalue weighted by Crippen LogP contribution is 2.38. The van der Waals surface area contributed by atoms with Gasteiger partial charge >= 0.3 is 0 Å². The van der Waals surface area contributed by atoms with Crippen molar-refractivity contribution in [3.63, 3.8) is 0 Å². The van der Waals surface area contributed by atoms with Crippen LogP contribution in [0.15, 0.2) is 140 Å². The van der Waals surface area contributed by atoms with Crippen LogP contribution in [-0.2, 0) is 0 Å². The predicted molar refractivity (Wildman–Crippen MR) is 141 cm³/mol. The van der Waals surface area contributed by atoms with E-state index in [1.165, 1.54) is 0 Å². The van der Waals surface area contributed by atoms with E-state index in [0.29, 0.717) is 5.56 Å². The Bertz CT molecular complexity index is 1290. The lowest BCUT2D eigenvalue weighted by molar-refractivity contribution is 0.112. The van der Waals surface area contributed by atoms with Crippen LogP contribution in [0.2, 0.25) is 0 Å². The average molecular weight is 441 g/mol. The van der Waals surface area contributed by atoms with Gasteiger partial charge in [-0.3, -0.25) is 4.79 Å². The van der Waals surface area contributed by atoms with Crippen LogP contribution >= 0.6 is 0 Å². The first-order valence-electron chi connectivity index (χ1n) is 11.2. The third-order valence-corrected chi connectivity index (χ3v) is 5.70. The third-order valence-electron chi connectivity index (χ3n) is 5.70. The van der Waals surface area contributed by atoms with E-state index in [4.69, 9.17) is 0 Å². The van der Waals surface area contributed by atoms with Crippen LogP contribution < -0.4 is 9.80 Å². The quantitative estimate of drug-likeness (QED) is 0.237. The molecular weight excluding hydrogens is 416 g/mol. The molecule has 0 aromatic heterocycles. The zero-order chi connectivity index (χ0) is 23.2. The fraction of sp³-hybridized carbons (Fsp3) is 0. The zero-order valence-corrected chi connectivity index (χ0v) is 18.7. The summed E-state index contributed by atoms with van der Waals surface area (Å²) in [5.41, 5.74) is 7.02. The van der Waals surface area contributed by atoms with Crippen LogP contribution in [-0.4, -0.2) is 6.29 Å². The van der Waals surface area contributed by atoms with Gasteiger partial charge in [-0.2, -0.15) is 0 Å². The molecule has 0 amide bonds. The summed E-state index contributed by atoms with van der Waals surface area (Å²) in [6.45, 7) is 0. The van der Waals surface area contributed by atoms with Gasteiger partial charge in [0, 0.05) is 39.7 Å². The molecule has 0 unspecified atom stereocenters. The van der Waals surface area contributed by atoms with E-state index in [2.05, 4.69) is 94.7 Å². The number of carbonyl (C=O) groups is 1. The summed E-state index contributed by atoms with van der Waals surface area (Å²) >= 11 is 0. The molecular formula is C31H24N2O. The number of hydrogen-bond donors (Lipinski definition) is 0. The minimum Gasteiger partial charge on any atom is -0.311 e. The second kappa shape index (κ2) is 9.88. The molecule has 0 fully saturated rings. The Kier molecular flexibility index (Phi) is 6.17. The van der Waals surface area contributed by atoms with E-state index in [0.717, 1.165) is 40.4 Å². The summed E-state index contributed by atoms with van der Waals surface area (Å²) < 4.78 is 0. The molecule has 0 saturated heterocycles. The molecule has 0 radical (unpaired) electrons. The first-order valence-corrected chi connectivity index (χ1v) is 11.2. The van der Waals surface area contributed by atoms with Gasteiger partial charge in [-0.15, -0.1) is 0 Å². The number of benzene rings is 5. The van der Waals surface area contributed by atoms with E-state index >= 15 is 0 Å². The van der Waals surface area contributed by atoms with Gasteiger partial charge in [-0.1, -0.05) is 54.6 Å². The third kappa shape index (κ3) is 4.45. The topological polar surface area (TPSA) is 23.6 Å². The fourth-order valence-electron chi connectivity index (χ4n) is 4.08. The molecule has 5 rings (SSSR count). The highest BCUT2D eigenvalue weighted by molar-refractivity contribution is 5.82. The van der Waals surface area contributed by atoms with E-state index in [9.17, 15) is 4.79 Å². The predicted octanol–water partition coefficient (Wildman–Crippen LogP) is 8.44.